The third kappa shape index (κ3) is 11.1. The molecule has 0 bridgehead atoms. The Balaban J connectivity index is 0.00000158. The van der Waals surface area contributed by atoms with Crippen molar-refractivity contribution < 1.29 is 132 Å². The van der Waals surface area contributed by atoms with Crippen molar-refractivity contribution in [3.8, 4) is 0 Å². The Kier molecular flexibility index (Phi) is 16.6. The molecule has 0 fully saturated rings. The number of benzene rings is 1. The maximum atomic E-state index is 11.9. The number of nitrogens with zero attached hydrogens (tertiary/aromatic N) is 3. The second-order valence-corrected chi connectivity index (χ2v) is 6.34. The summed E-state index contributed by atoms with van der Waals surface area (Å²) in [7, 11) is 2.89. The molecule has 2 aromatic heterocycles. The first-order valence-corrected chi connectivity index (χ1v) is 9.09. The number of esters is 1. The summed E-state index contributed by atoms with van der Waals surface area (Å²) in [5, 5.41) is 21.1. The summed E-state index contributed by atoms with van der Waals surface area (Å²) in [6.07, 6.45) is 1.10. The van der Waals surface area contributed by atoms with Gasteiger partial charge in [0.2, 0.25) is 0 Å². The van der Waals surface area contributed by atoms with Crippen molar-refractivity contribution in [3.05, 3.63) is 87.6 Å². The van der Waals surface area contributed by atoms with Crippen LogP contribution < -0.4 is 119 Å². The predicted octanol–water partition coefficient (Wildman–Crippen LogP) is -6.36. The van der Waals surface area contributed by atoms with E-state index in [0.29, 0.717) is 24.3 Å². The Bertz CT molecular complexity index is 1080. The van der Waals surface area contributed by atoms with Crippen LogP contribution in [0.4, 0.5) is 4.79 Å². The molecule has 0 saturated carbocycles. The molecule has 0 aliphatic heterocycles. The molecule has 10 nitrogen and oxygen atoms in total. The molecule has 0 saturated heterocycles. The normalized spacial score (nSPS) is 9.52. The van der Waals surface area contributed by atoms with E-state index in [0.717, 1.165) is 11.1 Å². The van der Waals surface area contributed by atoms with Crippen LogP contribution in [0.15, 0.2) is 59.7 Å². The van der Waals surface area contributed by atoms with Crippen molar-refractivity contribution in [3.63, 3.8) is 0 Å². The van der Waals surface area contributed by atoms with Gasteiger partial charge >= 0.3 is 109 Å². The summed E-state index contributed by atoms with van der Waals surface area (Å²) >= 11 is 0. The van der Waals surface area contributed by atoms with E-state index in [9.17, 15) is 9.59 Å². The number of methoxy groups -OCH3 is 2. The summed E-state index contributed by atoms with van der Waals surface area (Å²) in [4.78, 5) is 32.0. The van der Waals surface area contributed by atoms with E-state index in [1.165, 1.54) is 7.11 Å². The molecule has 0 unspecified atom stereocenters. The number of pyridine rings is 1. The average Bonchev–Trinajstić information content (AvgIpc) is 3.13. The van der Waals surface area contributed by atoms with Gasteiger partial charge in [0.05, 0.1) is 26.8 Å². The van der Waals surface area contributed by atoms with E-state index in [1.54, 1.807) is 40.9 Å². The molecule has 0 spiro atoms. The monoisotopic (exact) mass is 505 g/mol. The number of aromatic nitrogens is 3. The first kappa shape index (κ1) is 32.4. The quantitative estimate of drug-likeness (QED) is 0.228. The van der Waals surface area contributed by atoms with Crippen molar-refractivity contribution in [2.45, 2.75) is 19.7 Å². The number of carbonyl (C=O) groups is 2. The molecule has 164 valence electrons. The molecule has 3 aromatic rings. The first-order chi connectivity index (χ1) is 14.8. The fourth-order valence-electron chi connectivity index (χ4n) is 2.79. The summed E-state index contributed by atoms with van der Waals surface area (Å²) < 4.78 is 13.2. The minimum atomic E-state index is -2.33. The number of carboxylic acid groups (broad SMARTS) is 2. The second kappa shape index (κ2) is 16.9. The number of rotatable bonds is 7. The third-order valence-corrected chi connectivity index (χ3v) is 4.14. The van der Waals surface area contributed by atoms with Crippen molar-refractivity contribution in [2.24, 2.45) is 0 Å². The molecular formula is C21H21K2N3O7. The number of ether oxygens (including phenoxy) is 2. The molecule has 2 heterocycles. The van der Waals surface area contributed by atoms with Gasteiger partial charge in [-0.2, -0.15) is 5.10 Å². The molecule has 3 rings (SSSR count). The van der Waals surface area contributed by atoms with Gasteiger partial charge in [0, 0.05) is 25.6 Å². The van der Waals surface area contributed by atoms with E-state index in [-0.39, 0.29) is 115 Å². The Hall–Kier alpha value is -0.647. The minimum Gasteiger partial charge on any atom is -0.652 e. The van der Waals surface area contributed by atoms with Gasteiger partial charge < -0.3 is 29.0 Å². The Morgan fingerprint density at radius 3 is 2.06 bits per heavy atom. The maximum Gasteiger partial charge on any atom is 1.00 e. The summed E-state index contributed by atoms with van der Waals surface area (Å²) in [5.74, 6) is -0.433. The largest absolute Gasteiger partial charge is 1.00 e. The van der Waals surface area contributed by atoms with Crippen molar-refractivity contribution in [1.82, 2.24) is 14.3 Å². The van der Waals surface area contributed by atoms with E-state index >= 15 is 0 Å². The molecule has 33 heavy (non-hydrogen) atoms. The van der Waals surface area contributed by atoms with Gasteiger partial charge in [-0.05, 0) is 23.3 Å². The zero-order valence-corrected chi connectivity index (χ0v) is 25.3. The summed E-state index contributed by atoms with van der Waals surface area (Å²) in [6.45, 7) is 1.27. The fourth-order valence-corrected chi connectivity index (χ4v) is 2.79. The minimum absolute atomic E-state index is 0. The third-order valence-electron chi connectivity index (χ3n) is 4.14. The molecule has 0 radical (unpaired) electrons. The van der Waals surface area contributed by atoms with Gasteiger partial charge in [0.1, 0.15) is 11.3 Å². The van der Waals surface area contributed by atoms with E-state index in [1.807, 2.05) is 30.3 Å². The summed E-state index contributed by atoms with van der Waals surface area (Å²) in [6, 6.07) is 13.0. The van der Waals surface area contributed by atoms with Crippen molar-refractivity contribution in [1.29, 1.82) is 0 Å². The zero-order valence-electron chi connectivity index (χ0n) is 19.0. The van der Waals surface area contributed by atoms with Gasteiger partial charge in [0.15, 0.2) is 0 Å². The van der Waals surface area contributed by atoms with Crippen LogP contribution in [-0.4, -0.2) is 40.7 Å². The molecule has 0 aliphatic carbocycles. The van der Waals surface area contributed by atoms with Crippen LogP contribution in [0, 0.1) is 0 Å². The number of hydrogen-bond acceptors (Lipinski definition) is 8. The average molecular weight is 506 g/mol. The molecular weight excluding hydrogens is 484 g/mol. The van der Waals surface area contributed by atoms with Crippen LogP contribution in [0.5, 0.6) is 0 Å². The predicted molar refractivity (Wildman–Crippen MR) is 105 cm³/mol. The van der Waals surface area contributed by atoms with Crippen LogP contribution in [0.2, 0.25) is 0 Å². The van der Waals surface area contributed by atoms with Gasteiger partial charge in [-0.3, -0.25) is 9.48 Å². The van der Waals surface area contributed by atoms with Gasteiger partial charge in [-0.15, -0.1) is 0 Å². The second-order valence-electron chi connectivity index (χ2n) is 6.34. The molecule has 0 aliphatic rings. The molecule has 0 atom stereocenters. The topological polar surface area (TPSA) is 139 Å². The van der Waals surface area contributed by atoms with Gasteiger partial charge in [-0.1, -0.05) is 30.3 Å². The molecule has 12 heteroatoms. The van der Waals surface area contributed by atoms with Crippen LogP contribution in [-0.2, 0) is 29.2 Å². The van der Waals surface area contributed by atoms with E-state index in [2.05, 4.69) is 5.10 Å². The van der Waals surface area contributed by atoms with Crippen LogP contribution >= 0.6 is 0 Å². The molecule has 0 N–H and O–H groups in total. The smallest absolute Gasteiger partial charge is 0.652 e. The fraction of sp³-hybridized carbons (Fsp3) is 0.238. The SMILES string of the molecule is COCc1nn(Cc2ccc(Cn3ccccc3=O)cc2)cc1C(=O)OC.O=C([O-])[O-].[K+].[K+]. The van der Waals surface area contributed by atoms with Crippen LogP contribution in [0.1, 0.15) is 27.2 Å². The Morgan fingerprint density at radius 2 is 1.55 bits per heavy atom. The van der Waals surface area contributed by atoms with Crippen molar-refractivity contribution >= 4 is 12.1 Å². The van der Waals surface area contributed by atoms with Crippen molar-refractivity contribution in [2.75, 3.05) is 14.2 Å². The van der Waals surface area contributed by atoms with E-state index in [4.69, 9.17) is 24.5 Å². The zero-order chi connectivity index (χ0) is 22.8. The van der Waals surface area contributed by atoms with Crippen LogP contribution in [0.3, 0.4) is 0 Å². The Labute approximate surface area is 275 Å². The first-order valence-electron chi connectivity index (χ1n) is 9.09. The standard InChI is InChI=1S/C20H21N3O4.CH2O3.2K/c1-26-14-18-17(20(25)27-2)13-23(21-18)12-16-8-6-15(7-9-16)11-22-10-4-3-5-19(22)24;2-1(3)4;;/h3-10,13H,11-12,14H2,1-2H3;(H2,2,3,4);;/q;;2*+1/p-2. The number of carbonyl (C=O) groups excluding carboxylic acids is 2. The molecule has 0 amide bonds. The van der Waals surface area contributed by atoms with Gasteiger partial charge in [-0.25, -0.2) is 4.79 Å². The van der Waals surface area contributed by atoms with E-state index < -0.39 is 12.1 Å². The number of hydrogen-bond donors (Lipinski definition) is 0. The Morgan fingerprint density at radius 1 is 0.970 bits per heavy atom. The summed E-state index contributed by atoms with van der Waals surface area (Å²) in [5.41, 5.74) is 2.98. The van der Waals surface area contributed by atoms with Gasteiger partial charge in [0.25, 0.3) is 5.56 Å². The maximum absolute atomic E-state index is 11.9. The molecule has 1 aromatic carbocycles. The van der Waals surface area contributed by atoms with Crippen LogP contribution in [0.25, 0.3) is 0 Å².